The number of benzene rings is 2. The van der Waals surface area contributed by atoms with Gasteiger partial charge in [0.2, 0.25) is 0 Å². The van der Waals surface area contributed by atoms with Crippen molar-refractivity contribution in [3.8, 4) is 0 Å². The number of rotatable bonds is 8. The minimum absolute atomic E-state index is 0.106. The molecule has 2 aromatic carbocycles. The van der Waals surface area contributed by atoms with Gasteiger partial charge >= 0.3 is 12.1 Å². The van der Waals surface area contributed by atoms with Crippen molar-refractivity contribution in [3.63, 3.8) is 0 Å². The van der Waals surface area contributed by atoms with Gasteiger partial charge in [0.25, 0.3) is 0 Å². The molecular formula is C26H25ClF5N3O4S2. The number of fused-ring (bicyclic) bond motifs is 2. The molecule has 1 aromatic heterocycles. The summed E-state index contributed by atoms with van der Waals surface area (Å²) in [7, 11) is -3.96. The molecule has 2 aliphatic rings. The number of hydrogen-bond donors (Lipinski definition) is 2. The van der Waals surface area contributed by atoms with Gasteiger partial charge in [-0.2, -0.15) is 13.2 Å². The van der Waals surface area contributed by atoms with Gasteiger partial charge in [-0.05, 0) is 49.4 Å². The number of carboxylic acid groups (broad SMARTS) is 1. The van der Waals surface area contributed by atoms with E-state index in [4.69, 9.17) is 21.5 Å². The van der Waals surface area contributed by atoms with E-state index >= 15 is 0 Å². The van der Waals surface area contributed by atoms with Crippen LogP contribution >= 0.6 is 22.9 Å². The van der Waals surface area contributed by atoms with Crippen molar-refractivity contribution in [1.29, 1.82) is 0 Å². The lowest BCUT2D eigenvalue weighted by Crippen LogP contribution is -2.28. The summed E-state index contributed by atoms with van der Waals surface area (Å²) in [5, 5.41) is 11.4. The van der Waals surface area contributed by atoms with E-state index in [1.807, 2.05) is 6.07 Å². The van der Waals surface area contributed by atoms with Crippen LogP contribution in [0.5, 0.6) is 0 Å². The standard InChI is InChI=1S/C24H24ClF2N3O2S2.C2HF3O2/c25-23-21(8-9-22(24(23)27)34(31,32)13-16-12-33-14-29-16)28-10-19-15(2-1-3-20(19)26)11-30-17-4-5-18(30)7-6-17;3-2(4,5)1(6)7/h1-3,8-9,12,14,17-18,28H,4-7,10-11,13H2;(H,6,7). The number of nitrogens with one attached hydrogen (secondary N) is 1. The highest BCUT2D eigenvalue weighted by Gasteiger charge is 2.39. The molecule has 5 rings (SSSR count). The maximum absolute atomic E-state index is 15.0. The number of aliphatic carboxylic acids is 1. The molecule has 0 aliphatic carbocycles. The Morgan fingerprint density at radius 2 is 1.76 bits per heavy atom. The molecule has 0 unspecified atom stereocenters. The second-order valence-corrected chi connectivity index (χ2v) is 12.7. The number of aromatic nitrogens is 1. The summed E-state index contributed by atoms with van der Waals surface area (Å²) in [6, 6.07) is 8.79. The van der Waals surface area contributed by atoms with Gasteiger partial charge in [-0.3, -0.25) is 4.90 Å². The third kappa shape index (κ3) is 7.34. The summed E-state index contributed by atoms with van der Waals surface area (Å²) in [5.74, 6) is -4.53. The number of halogens is 6. The zero-order valence-electron chi connectivity index (χ0n) is 21.3. The van der Waals surface area contributed by atoms with Crippen LogP contribution in [0, 0.1) is 11.6 Å². The number of anilines is 1. The van der Waals surface area contributed by atoms with Crippen LogP contribution in [0.15, 0.2) is 46.1 Å². The van der Waals surface area contributed by atoms with Crippen LogP contribution in [0.3, 0.4) is 0 Å². The largest absolute Gasteiger partial charge is 0.490 e. The van der Waals surface area contributed by atoms with Crippen LogP contribution < -0.4 is 5.32 Å². The van der Waals surface area contributed by atoms with Gasteiger partial charge in [0.1, 0.15) is 15.7 Å². The van der Waals surface area contributed by atoms with Crippen molar-refractivity contribution in [1.82, 2.24) is 9.88 Å². The van der Waals surface area contributed by atoms with E-state index in [1.54, 1.807) is 11.4 Å². The van der Waals surface area contributed by atoms with Crippen molar-refractivity contribution < 1.29 is 40.3 Å². The third-order valence-corrected chi connectivity index (χ3v) is 9.74. The molecule has 2 aliphatic heterocycles. The van der Waals surface area contributed by atoms with Crippen LogP contribution in [0.4, 0.5) is 27.6 Å². The first-order valence-electron chi connectivity index (χ1n) is 12.4. The highest BCUT2D eigenvalue weighted by molar-refractivity contribution is 7.90. The van der Waals surface area contributed by atoms with E-state index in [-0.39, 0.29) is 23.1 Å². The summed E-state index contributed by atoms with van der Waals surface area (Å²) in [6.45, 7) is 0.787. The fourth-order valence-corrected chi connectivity index (χ4v) is 7.40. The summed E-state index contributed by atoms with van der Waals surface area (Å²) in [5.41, 5.74) is 3.48. The molecule has 0 atom stereocenters. The Morgan fingerprint density at radius 1 is 1.12 bits per heavy atom. The number of carboxylic acids is 1. The van der Waals surface area contributed by atoms with Gasteiger partial charge in [0, 0.05) is 36.1 Å². The maximum atomic E-state index is 15.0. The van der Waals surface area contributed by atoms with Crippen molar-refractivity contribution >= 4 is 44.4 Å². The molecule has 0 radical (unpaired) electrons. The molecule has 2 N–H and O–H groups in total. The van der Waals surface area contributed by atoms with E-state index in [1.165, 1.54) is 60.7 Å². The first-order chi connectivity index (χ1) is 19.3. The smallest absolute Gasteiger partial charge is 0.475 e. The van der Waals surface area contributed by atoms with E-state index < -0.39 is 38.4 Å². The van der Waals surface area contributed by atoms with Crippen LogP contribution in [0.2, 0.25) is 5.02 Å². The highest BCUT2D eigenvalue weighted by Crippen LogP contribution is 2.39. The zero-order chi connectivity index (χ0) is 29.9. The Hall–Kier alpha value is -2.81. The second-order valence-electron chi connectivity index (χ2n) is 9.65. The van der Waals surface area contributed by atoms with Crippen molar-refractivity contribution in [3.05, 3.63) is 74.7 Å². The van der Waals surface area contributed by atoms with E-state index in [0.29, 0.717) is 29.9 Å². The predicted molar refractivity (Wildman–Crippen MR) is 143 cm³/mol. The number of carbonyl (C=O) groups is 1. The van der Waals surface area contributed by atoms with Crippen LogP contribution in [0.25, 0.3) is 0 Å². The van der Waals surface area contributed by atoms with Crippen molar-refractivity contribution in [2.45, 2.75) is 67.7 Å². The molecule has 15 heteroatoms. The molecule has 3 aromatic rings. The summed E-state index contributed by atoms with van der Waals surface area (Å²) < 4.78 is 86.8. The molecule has 3 heterocycles. The van der Waals surface area contributed by atoms with Gasteiger partial charge in [-0.15, -0.1) is 11.3 Å². The minimum atomic E-state index is -5.08. The average Bonchev–Trinajstić information content (AvgIpc) is 3.64. The van der Waals surface area contributed by atoms with E-state index in [0.717, 1.165) is 5.56 Å². The molecule has 0 spiro atoms. The predicted octanol–water partition coefficient (Wildman–Crippen LogP) is 6.42. The summed E-state index contributed by atoms with van der Waals surface area (Å²) in [6.07, 6.45) is -0.305. The first-order valence-corrected chi connectivity index (χ1v) is 15.4. The summed E-state index contributed by atoms with van der Waals surface area (Å²) >= 11 is 7.46. The maximum Gasteiger partial charge on any atom is 0.490 e. The number of nitrogens with zero attached hydrogens (tertiary/aromatic N) is 2. The van der Waals surface area contributed by atoms with Gasteiger partial charge in [-0.1, -0.05) is 23.7 Å². The first kappa shape index (κ1) is 31.1. The van der Waals surface area contributed by atoms with Gasteiger partial charge < -0.3 is 10.4 Å². The lowest BCUT2D eigenvalue weighted by atomic mass is 10.0. The number of sulfone groups is 1. The normalized spacial score (nSPS) is 18.7. The third-order valence-electron chi connectivity index (χ3n) is 7.07. The SMILES string of the molecule is O=C(O)C(F)(F)F.O=S(=O)(Cc1cscn1)c1ccc(NCc2c(F)cccc2CN2C3CCC2CC3)c(Cl)c1F. The van der Waals surface area contributed by atoms with Crippen LogP contribution in [0.1, 0.15) is 42.5 Å². The van der Waals surface area contributed by atoms with Crippen LogP contribution in [-0.2, 0) is 33.5 Å². The Labute approximate surface area is 241 Å². The topological polar surface area (TPSA) is 99.6 Å². The number of thiazole rings is 1. The van der Waals surface area contributed by atoms with E-state index in [2.05, 4.69) is 15.2 Å². The molecule has 7 nitrogen and oxygen atoms in total. The minimum Gasteiger partial charge on any atom is -0.475 e. The Morgan fingerprint density at radius 3 is 2.32 bits per heavy atom. The Bertz CT molecular complexity index is 1480. The average molecular weight is 638 g/mol. The molecule has 2 fully saturated rings. The Balaban J connectivity index is 0.000000493. The Kier molecular flexibility index (Phi) is 9.56. The van der Waals surface area contributed by atoms with Gasteiger partial charge in [0.05, 0.1) is 22.6 Å². The molecule has 2 saturated heterocycles. The molecular weight excluding hydrogens is 613 g/mol. The van der Waals surface area contributed by atoms with Crippen LogP contribution in [-0.4, -0.2) is 47.6 Å². The quantitative estimate of drug-likeness (QED) is 0.275. The van der Waals surface area contributed by atoms with Gasteiger partial charge in [0.15, 0.2) is 15.7 Å². The molecule has 41 heavy (non-hydrogen) atoms. The zero-order valence-corrected chi connectivity index (χ0v) is 23.7. The molecule has 2 bridgehead atoms. The lowest BCUT2D eigenvalue weighted by molar-refractivity contribution is -0.192. The monoisotopic (exact) mass is 637 g/mol. The van der Waals surface area contributed by atoms with Crippen molar-refractivity contribution in [2.24, 2.45) is 0 Å². The van der Waals surface area contributed by atoms with E-state index in [9.17, 15) is 30.4 Å². The number of alkyl halides is 3. The summed E-state index contributed by atoms with van der Waals surface area (Å²) in [4.78, 5) is 14.8. The molecule has 0 saturated carbocycles. The second kappa shape index (κ2) is 12.6. The fourth-order valence-electron chi connectivity index (χ4n) is 5.10. The fraction of sp³-hybridized carbons (Fsp3) is 0.385. The molecule has 222 valence electrons. The lowest BCUT2D eigenvalue weighted by Gasteiger charge is -2.23. The highest BCUT2D eigenvalue weighted by atomic mass is 35.5. The number of hydrogen-bond acceptors (Lipinski definition) is 7. The molecule has 0 amide bonds. The van der Waals surface area contributed by atoms with Gasteiger partial charge in [-0.25, -0.2) is 27.0 Å². The van der Waals surface area contributed by atoms with Crippen molar-refractivity contribution in [2.75, 3.05) is 5.32 Å².